The molecular formula is C45H49ClN4O3. The Kier molecular flexibility index (Phi) is 12.8. The van der Waals surface area contributed by atoms with Gasteiger partial charge in [0.05, 0.1) is 11.2 Å². The first-order valence-electron chi connectivity index (χ1n) is 18.4. The van der Waals surface area contributed by atoms with E-state index in [4.69, 9.17) is 21.1 Å². The largest absolute Gasteiger partial charge is 0.487 e. The number of pyridine rings is 1. The summed E-state index contributed by atoms with van der Waals surface area (Å²) in [5.74, 6) is 2.15. The highest BCUT2D eigenvalue weighted by Crippen LogP contribution is 2.34. The molecule has 1 N–H and O–H groups in total. The van der Waals surface area contributed by atoms with Crippen LogP contribution in [0.4, 0.5) is 5.69 Å². The Morgan fingerprint density at radius 3 is 2.23 bits per heavy atom. The second-order valence-electron chi connectivity index (χ2n) is 14.1. The number of benzene rings is 4. The molecule has 8 heteroatoms. The lowest BCUT2D eigenvalue weighted by atomic mass is 10.0. The molecule has 6 rings (SSSR count). The van der Waals surface area contributed by atoms with E-state index in [1.807, 2.05) is 30.0 Å². The summed E-state index contributed by atoms with van der Waals surface area (Å²) in [6.45, 7) is 13.7. The summed E-state index contributed by atoms with van der Waals surface area (Å²) in [7, 11) is 0. The summed E-state index contributed by atoms with van der Waals surface area (Å²) in [4.78, 5) is 21.8. The van der Waals surface area contributed by atoms with Gasteiger partial charge in [-0.15, -0.1) is 0 Å². The Hall–Kier alpha value is -5.11. The van der Waals surface area contributed by atoms with Crippen molar-refractivity contribution in [3.05, 3.63) is 153 Å². The number of nitrogens with one attached hydrogen (secondary N) is 1. The molecule has 7 nitrogen and oxygen atoms in total. The number of piperazine rings is 1. The molecule has 1 aliphatic heterocycles. The lowest BCUT2D eigenvalue weighted by Gasteiger charge is -2.34. The summed E-state index contributed by atoms with van der Waals surface area (Å²) < 4.78 is 11.9. The number of anilines is 1. The monoisotopic (exact) mass is 728 g/mol. The van der Waals surface area contributed by atoms with Gasteiger partial charge in [-0.25, -0.2) is 4.98 Å². The zero-order valence-corrected chi connectivity index (χ0v) is 31.9. The molecule has 1 saturated heterocycles. The third-order valence-corrected chi connectivity index (χ3v) is 9.83. The van der Waals surface area contributed by atoms with E-state index in [1.54, 1.807) is 24.4 Å². The Bertz CT molecular complexity index is 1940. The van der Waals surface area contributed by atoms with Crippen LogP contribution in [0.15, 0.2) is 109 Å². The van der Waals surface area contributed by atoms with Crippen molar-refractivity contribution in [2.75, 3.05) is 38.0 Å². The summed E-state index contributed by atoms with van der Waals surface area (Å²) >= 11 is 6.64. The molecule has 0 bridgehead atoms. The smallest absolute Gasteiger partial charge is 0.246 e. The van der Waals surface area contributed by atoms with E-state index in [-0.39, 0.29) is 5.91 Å². The lowest BCUT2D eigenvalue weighted by molar-refractivity contribution is -0.127. The first-order chi connectivity index (χ1) is 25.7. The summed E-state index contributed by atoms with van der Waals surface area (Å²) in [5.41, 5.74) is 9.12. The Morgan fingerprint density at radius 2 is 1.57 bits per heavy atom. The van der Waals surface area contributed by atoms with Gasteiger partial charge in [0.25, 0.3) is 0 Å². The number of hydrogen-bond donors (Lipinski definition) is 1. The Morgan fingerprint density at radius 1 is 0.868 bits per heavy atom. The molecule has 1 aliphatic rings. The zero-order valence-electron chi connectivity index (χ0n) is 31.1. The lowest BCUT2D eigenvalue weighted by Crippen LogP contribution is -2.47. The summed E-state index contributed by atoms with van der Waals surface area (Å²) in [5, 5.41) is 3.98. The van der Waals surface area contributed by atoms with Gasteiger partial charge in [-0.3, -0.25) is 9.69 Å². The van der Waals surface area contributed by atoms with Crippen molar-refractivity contribution in [3.63, 3.8) is 0 Å². The van der Waals surface area contributed by atoms with Crippen molar-refractivity contribution in [1.29, 1.82) is 0 Å². The molecule has 0 saturated carbocycles. The number of hydrogen-bond acceptors (Lipinski definition) is 6. The molecule has 2 heterocycles. The van der Waals surface area contributed by atoms with Crippen molar-refractivity contribution >= 4 is 29.3 Å². The second kappa shape index (κ2) is 18.1. The highest BCUT2D eigenvalue weighted by Gasteiger charge is 2.20. The molecule has 274 valence electrons. The predicted octanol–water partition coefficient (Wildman–Crippen LogP) is 9.86. The van der Waals surface area contributed by atoms with Crippen LogP contribution in [-0.2, 0) is 24.4 Å². The molecule has 0 radical (unpaired) electrons. The normalized spacial score (nSPS) is 13.4. The first-order valence-corrected chi connectivity index (χ1v) is 18.8. The van der Waals surface area contributed by atoms with Gasteiger partial charge in [-0.1, -0.05) is 91.7 Å². The average molecular weight is 729 g/mol. The number of carbonyl (C=O) groups excluding carboxylic acids is 1. The maximum absolute atomic E-state index is 13.1. The van der Waals surface area contributed by atoms with Crippen molar-refractivity contribution < 1.29 is 14.3 Å². The minimum Gasteiger partial charge on any atom is -0.487 e. The third-order valence-electron chi connectivity index (χ3n) is 9.55. The van der Waals surface area contributed by atoms with Gasteiger partial charge in [0.15, 0.2) is 5.75 Å². The van der Waals surface area contributed by atoms with E-state index in [0.717, 1.165) is 55.0 Å². The number of amides is 1. The van der Waals surface area contributed by atoms with Gasteiger partial charge in [0, 0.05) is 57.1 Å². The molecular weight excluding hydrogens is 680 g/mol. The van der Waals surface area contributed by atoms with Gasteiger partial charge in [-0.05, 0) is 96.0 Å². The maximum atomic E-state index is 13.1. The standard InChI is InChI=1S/C45H49ClN4O3/c1-32(2)39-14-16-40(17-15-39)47-22-21-35-9-11-36(12-10-35)30-49-23-25-50(26-24-49)44(51)20-13-38-27-34(4)45(42(46)28-38)53-43-19-18-41(29-48-43)52-31-37-7-5-33(3)6-8-37/h5-20,27-29,32,47H,21-26,30-31H2,1-4H3/b20-13+. The van der Waals surface area contributed by atoms with Crippen LogP contribution in [-0.4, -0.2) is 53.4 Å². The van der Waals surface area contributed by atoms with Gasteiger partial charge >= 0.3 is 0 Å². The number of aryl methyl sites for hydroxylation is 2. The molecule has 5 aromatic rings. The fourth-order valence-electron chi connectivity index (χ4n) is 6.26. The second-order valence-corrected chi connectivity index (χ2v) is 14.5. The Balaban J connectivity index is 0.922. The number of carbonyl (C=O) groups is 1. The van der Waals surface area contributed by atoms with Crippen LogP contribution in [0.3, 0.4) is 0 Å². The fraction of sp³-hybridized carbons (Fsp3) is 0.289. The fourth-order valence-corrected chi connectivity index (χ4v) is 6.57. The number of ether oxygens (including phenoxy) is 2. The predicted molar refractivity (Wildman–Crippen MR) is 216 cm³/mol. The van der Waals surface area contributed by atoms with E-state index < -0.39 is 0 Å². The summed E-state index contributed by atoms with van der Waals surface area (Å²) in [6.07, 6.45) is 6.06. The maximum Gasteiger partial charge on any atom is 0.246 e. The average Bonchev–Trinajstić information content (AvgIpc) is 3.17. The molecule has 1 amide bonds. The van der Waals surface area contributed by atoms with Crippen LogP contribution < -0.4 is 14.8 Å². The van der Waals surface area contributed by atoms with Gasteiger partial charge < -0.3 is 19.7 Å². The number of rotatable bonds is 14. The molecule has 53 heavy (non-hydrogen) atoms. The molecule has 0 aliphatic carbocycles. The zero-order chi connectivity index (χ0) is 37.2. The van der Waals surface area contributed by atoms with E-state index >= 15 is 0 Å². The quantitative estimate of drug-likeness (QED) is 0.115. The van der Waals surface area contributed by atoms with Crippen LogP contribution in [0.1, 0.15) is 58.7 Å². The number of nitrogens with zero attached hydrogens (tertiary/aromatic N) is 3. The molecule has 4 aromatic carbocycles. The van der Waals surface area contributed by atoms with E-state index in [2.05, 4.69) is 109 Å². The molecule has 1 aromatic heterocycles. The minimum absolute atomic E-state index is 0.00136. The minimum atomic E-state index is 0.00136. The molecule has 0 unspecified atom stereocenters. The van der Waals surface area contributed by atoms with E-state index in [9.17, 15) is 4.79 Å². The van der Waals surface area contributed by atoms with Gasteiger partial charge in [0.2, 0.25) is 11.8 Å². The topological polar surface area (TPSA) is 66.9 Å². The van der Waals surface area contributed by atoms with Gasteiger partial charge in [0.1, 0.15) is 12.4 Å². The first kappa shape index (κ1) is 37.6. The van der Waals surface area contributed by atoms with Crippen LogP contribution >= 0.6 is 11.6 Å². The van der Waals surface area contributed by atoms with Crippen LogP contribution in [0, 0.1) is 13.8 Å². The highest BCUT2D eigenvalue weighted by atomic mass is 35.5. The third kappa shape index (κ3) is 11.0. The van der Waals surface area contributed by atoms with Crippen molar-refractivity contribution in [2.45, 2.75) is 53.2 Å². The molecule has 0 atom stereocenters. The van der Waals surface area contributed by atoms with Crippen LogP contribution in [0.25, 0.3) is 6.08 Å². The van der Waals surface area contributed by atoms with Crippen molar-refractivity contribution in [3.8, 4) is 17.4 Å². The highest BCUT2D eigenvalue weighted by molar-refractivity contribution is 6.32. The molecule has 1 fully saturated rings. The van der Waals surface area contributed by atoms with Crippen LogP contribution in [0.5, 0.6) is 17.4 Å². The van der Waals surface area contributed by atoms with Crippen LogP contribution in [0.2, 0.25) is 5.02 Å². The summed E-state index contributed by atoms with van der Waals surface area (Å²) in [6, 6.07) is 33.2. The van der Waals surface area contributed by atoms with Crippen molar-refractivity contribution in [2.24, 2.45) is 0 Å². The van der Waals surface area contributed by atoms with Crippen molar-refractivity contribution in [1.82, 2.24) is 14.8 Å². The Labute approximate surface area is 319 Å². The SMILES string of the molecule is Cc1ccc(COc2ccc(Oc3c(C)cc(/C=C/C(=O)N4CCN(Cc5ccc(CCNc6ccc(C(C)C)cc6)cc5)CC4)cc3Cl)nc2)cc1. The van der Waals surface area contributed by atoms with E-state index in [1.165, 1.54) is 22.3 Å². The van der Waals surface area contributed by atoms with Gasteiger partial charge in [-0.2, -0.15) is 0 Å². The number of aromatic nitrogens is 1. The number of halogens is 1. The van der Waals surface area contributed by atoms with E-state index in [0.29, 0.717) is 48.0 Å². The molecule has 0 spiro atoms.